The fourth-order valence-corrected chi connectivity index (χ4v) is 15.5. The lowest BCUT2D eigenvalue weighted by Crippen LogP contribution is -2.52. The molecular formula is C99H165N19O18. The molecule has 3 aromatic carbocycles. The number of hydrogen-bond donors (Lipinski definition) is 9. The van der Waals surface area contributed by atoms with Crippen LogP contribution >= 0.6 is 0 Å². The van der Waals surface area contributed by atoms with Crippen LogP contribution in [0.1, 0.15) is 230 Å². The third-order valence-electron chi connectivity index (χ3n) is 22.3. The summed E-state index contributed by atoms with van der Waals surface area (Å²) in [6.45, 7) is 45.7. The van der Waals surface area contributed by atoms with Gasteiger partial charge in [0, 0.05) is 195 Å². The van der Waals surface area contributed by atoms with Gasteiger partial charge >= 0.3 is 36.6 Å². The van der Waals surface area contributed by atoms with Crippen LogP contribution in [0.15, 0.2) is 72.8 Å². The van der Waals surface area contributed by atoms with Gasteiger partial charge in [0.25, 0.3) is 17.7 Å². The van der Waals surface area contributed by atoms with Crippen molar-refractivity contribution in [3.63, 3.8) is 0 Å². The molecule has 3 aromatic rings. The second-order valence-electron chi connectivity index (χ2n) is 41.3. The molecule has 0 aliphatic carbocycles. The minimum Gasteiger partial charge on any atom is -0.444 e. The zero-order valence-electron chi connectivity index (χ0n) is 85.6. The number of hydrogen-bond acceptors (Lipinski definition) is 25. The fraction of sp³-hybridized carbons (Fsp3) is 0.697. The number of nitrogens with zero attached hydrogens (tertiary/aromatic N) is 10. The summed E-state index contributed by atoms with van der Waals surface area (Å²) >= 11 is 0. The van der Waals surface area contributed by atoms with Crippen LogP contribution in [0.2, 0.25) is 0 Å². The van der Waals surface area contributed by atoms with Crippen molar-refractivity contribution < 1.29 is 86.0 Å². The molecule has 6 rings (SSSR count). The van der Waals surface area contributed by atoms with E-state index in [2.05, 4.69) is 67.5 Å². The number of rotatable bonds is 30. The minimum atomic E-state index is -0.946. The van der Waals surface area contributed by atoms with E-state index in [-0.39, 0.29) is 37.4 Å². The van der Waals surface area contributed by atoms with Gasteiger partial charge in [0.05, 0.1) is 0 Å². The molecule has 3 saturated heterocycles. The van der Waals surface area contributed by atoms with E-state index in [1.54, 1.807) is 65.8 Å². The molecule has 12 amide bonds. The first-order valence-corrected chi connectivity index (χ1v) is 48.7. The molecule has 3 heterocycles. The number of amides is 12. The quantitative estimate of drug-likeness (QED) is 0.0222. The molecule has 0 spiro atoms. The molecule has 9 N–H and O–H groups in total. The van der Waals surface area contributed by atoms with Crippen LogP contribution in [0.3, 0.4) is 0 Å². The Labute approximate surface area is 808 Å². The minimum absolute atomic E-state index is 0.163. The van der Waals surface area contributed by atoms with Crippen molar-refractivity contribution in [1.82, 2.24) is 96.9 Å². The van der Waals surface area contributed by atoms with Gasteiger partial charge < -0.3 is 120 Å². The van der Waals surface area contributed by atoms with E-state index in [4.69, 9.17) is 28.4 Å². The van der Waals surface area contributed by atoms with Gasteiger partial charge in [-0.15, -0.1) is 0 Å². The van der Waals surface area contributed by atoms with Gasteiger partial charge in [0.1, 0.15) is 51.7 Å². The Hall–Kier alpha value is -10.2. The summed E-state index contributed by atoms with van der Waals surface area (Å²) in [5.74, 6) is -2.43. The molecule has 764 valence electrons. The average molecular weight is 1910 g/mol. The molecule has 0 bridgehead atoms. The smallest absolute Gasteiger partial charge is 0.410 e. The molecule has 0 radical (unpaired) electrons. The largest absolute Gasteiger partial charge is 0.444 e. The van der Waals surface area contributed by atoms with Crippen molar-refractivity contribution in [1.29, 1.82) is 0 Å². The third-order valence-corrected chi connectivity index (χ3v) is 22.3. The summed E-state index contributed by atoms with van der Waals surface area (Å²) in [7, 11) is 4.57. The van der Waals surface area contributed by atoms with E-state index < -0.39 is 106 Å². The lowest BCUT2D eigenvalue weighted by Gasteiger charge is -2.33. The molecule has 37 nitrogen and oxygen atoms in total. The highest BCUT2D eigenvalue weighted by molar-refractivity contribution is 5.99. The fourth-order valence-electron chi connectivity index (χ4n) is 15.5. The predicted molar refractivity (Wildman–Crippen MR) is 525 cm³/mol. The van der Waals surface area contributed by atoms with E-state index in [1.807, 2.05) is 161 Å². The first-order valence-electron chi connectivity index (χ1n) is 48.7. The molecule has 136 heavy (non-hydrogen) atoms. The van der Waals surface area contributed by atoms with Crippen LogP contribution in [0, 0.1) is 0 Å². The van der Waals surface area contributed by atoms with E-state index >= 15 is 0 Å². The van der Waals surface area contributed by atoms with Crippen molar-refractivity contribution in [2.75, 3.05) is 198 Å². The highest BCUT2D eigenvalue weighted by Crippen LogP contribution is 2.22. The van der Waals surface area contributed by atoms with E-state index in [1.165, 1.54) is 21.1 Å². The number of carbonyl (C=O) groups excluding carboxylic acids is 12. The third kappa shape index (κ3) is 45.4. The molecule has 37 heteroatoms. The molecule has 0 saturated carbocycles. The lowest BCUT2D eigenvalue weighted by atomic mass is 10.1. The van der Waals surface area contributed by atoms with Gasteiger partial charge in [-0.3, -0.25) is 33.7 Å². The van der Waals surface area contributed by atoms with Crippen molar-refractivity contribution >= 4 is 72.0 Å². The lowest BCUT2D eigenvalue weighted by molar-refractivity contribution is -0.123. The molecule has 0 unspecified atom stereocenters. The van der Waals surface area contributed by atoms with Crippen LogP contribution < -0.4 is 47.9 Å². The van der Waals surface area contributed by atoms with E-state index in [9.17, 15) is 57.5 Å². The topological polar surface area (TPSA) is 401 Å². The van der Waals surface area contributed by atoms with Crippen LogP contribution in [0.4, 0.5) is 28.8 Å². The summed E-state index contributed by atoms with van der Waals surface area (Å²) in [5.41, 5.74) is -0.439. The SMILES string of the molecule is CNC(=O)[C@H](CN1CCCN(C(=O)OC(C)(C)C)CCCN(C(=O)OC(C)(C)C)CCC1)NC(=O)c1ccc(CNCCN(CCNCc2ccc(C(=O)N[C@@H](CN3CCCN(C(=O)OC(C)(C)C)CCCN(C(=O)OC(C)(C)C)CCC3)C(=O)NC)cc2)CCNCc2ccc(C(=O)N[C@@H](CN3CCCN(C(=O)OC(C)(C)C)CCCN(C(=O)OC(C)(C)C)CCC3)C(=O)NC)cc2)cc1. The zero-order chi connectivity index (χ0) is 101. The van der Waals surface area contributed by atoms with Gasteiger partial charge in [-0.1, -0.05) is 36.4 Å². The molecule has 3 fully saturated rings. The summed E-state index contributed by atoms with van der Waals surface area (Å²) in [4.78, 5) is 183. The van der Waals surface area contributed by atoms with Crippen molar-refractivity contribution in [3.8, 4) is 0 Å². The molecule has 0 aromatic heterocycles. The number of carbonyl (C=O) groups is 12. The number of benzene rings is 3. The van der Waals surface area contributed by atoms with E-state index in [0.29, 0.717) is 251 Å². The number of nitrogens with one attached hydrogen (secondary N) is 9. The Morgan fingerprint density at radius 3 is 0.603 bits per heavy atom. The zero-order valence-corrected chi connectivity index (χ0v) is 85.6. The highest BCUT2D eigenvalue weighted by Gasteiger charge is 2.35. The van der Waals surface area contributed by atoms with Crippen LogP contribution in [0.25, 0.3) is 0 Å². The van der Waals surface area contributed by atoms with Gasteiger partial charge in [0.2, 0.25) is 17.7 Å². The van der Waals surface area contributed by atoms with Gasteiger partial charge in [-0.2, -0.15) is 0 Å². The summed E-state index contributed by atoms with van der Waals surface area (Å²) < 4.78 is 34.6. The Kier molecular flexibility index (Phi) is 47.2. The van der Waals surface area contributed by atoms with Crippen molar-refractivity contribution in [2.45, 2.75) is 254 Å². The molecular weight excluding hydrogens is 1740 g/mol. The Balaban J connectivity index is 1.12. The second kappa shape index (κ2) is 56.0. The van der Waals surface area contributed by atoms with Gasteiger partial charge in [0.15, 0.2) is 0 Å². The number of ether oxygens (including phenoxy) is 6. The van der Waals surface area contributed by atoms with Crippen LogP contribution in [-0.4, -0.2) is 371 Å². The summed E-state index contributed by atoms with van der Waals surface area (Å²) in [5, 5.41) is 27.8. The maximum atomic E-state index is 14.1. The van der Waals surface area contributed by atoms with E-state index in [0.717, 1.165) is 16.7 Å². The number of likely N-dealkylation sites (N-methyl/N-ethyl adjacent to an activating group) is 3. The summed E-state index contributed by atoms with van der Waals surface area (Å²) in [6, 6.07) is 18.8. The van der Waals surface area contributed by atoms with Crippen molar-refractivity contribution in [2.24, 2.45) is 0 Å². The first kappa shape index (κ1) is 115. The molecule has 3 aliphatic rings. The predicted octanol–water partition coefficient (Wildman–Crippen LogP) is 9.07. The molecule has 3 atom stereocenters. The maximum Gasteiger partial charge on any atom is 0.410 e. The standard InChI is InChI=1S/C99H165N19O18/c1-94(2,3)131-88(125)113-52-22-46-110(47-23-53-114(59-28-58-113)89(126)132-95(4,5)6)70-79(85(122)100-19)106-82(119)76-37-31-73(32-38-76)67-103-43-64-109(65-44-104-68-74-33-39-77(40-34-74)83(120)107-80(86(123)101-20)71-111-48-24-54-115(90(127)133-96(7,8)9)60-29-61-116(55-25-49-111)91(128)134-97(10,11)12)66-45-105-69-75-35-41-78(42-36-75)84(121)108-81(87(124)102-21)72-112-50-26-56-117(92(129)135-98(13,14)15)62-30-63-118(57-27-51-112)93(130)136-99(16,17)18/h31-42,79-81,103-105H,22-30,43-72H2,1-21H3,(H,100,122)(H,101,123)(H,102,124)(H,106,119)(H,107,120)(H,108,121)/t79-,80-,81-/m0/s1. The maximum absolute atomic E-state index is 14.1. The normalized spacial score (nSPS) is 16.8. The Morgan fingerprint density at radius 2 is 0.441 bits per heavy atom. The van der Waals surface area contributed by atoms with Crippen molar-refractivity contribution in [3.05, 3.63) is 106 Å². The monoisotopic (exact) mass is 1910 g/mol. The van der Waals surface area contributed by atoms with Gasteiger partial charge in [-0.25, -0.2) is 28.8 Å². The Bertz CT molecular complexity index is 3690. The van der Waals surface area contributed by atoms with Gasteiger partial charge in [-0.05, 0) is 275 Å². The highest BCUT2D eigenvalue weighted by atomic mass is 16.6. The Morgan fingerprint density at radius 1 is 0.272 bits per heavy atom. The van der Waals surface area contributed by atoms with Crippen LogP contribution in [0.5, 0.6) is 0 Å². The summed E-state index contributed by atoms with van der Waals surface area (Å²) in [6.07, 6.45) is 2.26. The van der Waals surface area contributed by atoms with Crippen LogP contribution in [-0.2, 0) is 62.4 Å². The second-order valence-corrected chi connectivity index (χ2v) is 41.3. The average Bonchev–Trinajstić information content (AvgIpc) is 1.02. The first-order chi connectivity index (χ1) is 63.9. The molecule has 3 aliphatic heterocycles.